The van der Waals surface area contributed by atoms with Crippen LogP contribution in [0.25, 0.3) is 0 Å². The van der Waals surface area contributed by atoms with Crippen molar-refractivity contribution in [1.29, 1.82) is 0 Å². The van der Waals surface area contributed by atoms with Crippen LogP contribution in [-0.2, 0) is 0 Å². The van der Waals surface area contributed by atoms with Crippen molar-refractivity contribution in [2.45, 2.75) is 6.43 Å². The molecule has 1 unspecified atom stereocenters. The Morgan fingerprint density at radius 2 is 1.88 bits per heavy atom. The van der Waals surface area contributed by atoms with Crippen molar-refractivity contribution in [1.82, 2.24) is 0 Å². The zero-order valence-electron chi connectivity index (χ0n) is 4.15. The zero-order chi connectivity index (χ0) is 6.57. The van der Waals surface area contributed by atoms with Gasteiger partial charge in [-0.05, 0) is 0 Å². The molecule has 0 saturated carbocycles. The van der Waals surface area contributed by atoms with E-state index in [1.807, 2.05) is 0 Å². The Balaban J connectivity index is 3.35. The highest BCUT2D eigenvalue weighted by atomic mass is 19.3. The molecule has 1 atom stereocenters. The second-order valence-electron chi connectivity index (χ2n) is 1.43. The van der Waals surface area contributed by atoms with Crippen molar-refractivity contribution >= 4 is 0 Å². The van der Waals surface area contributed by atoms with Crippen molar-refractivity contribution in [3.63, 3.8) is 0 Å². The van der Waals surface area contributed by atoms with Gasteiger partial charge in [-0.25, -0.2) is 8.78 Å². The van der Waals surface area contributed by atoms with Crippen LogP contribution in [0.4, 0.5) is 13.2 Å². The Kier molecular flexibility index (Phi) is 3.60. The molecule has 0 saturated heterocycles. The maximum atomic E-state index is 11.3. The standard InChI is InChI=1S/C4H7F3O/c5-1-3(2-8)4(6)7/h3-4,8H,1-2H2. The van der Waals surface area contributed by atoms with Gasteiger partial charge in [0.15, 0.2) is 0 Å². The molecule has 0 spiro atoms. The van der Waals surface area contributed by atoms with Gasteiger partial charge in [-0.1, -0.05) is 0 Å². The molecule has 0 aliphatic carbocycles. The Labute approximate surface area is 45.1 Å². The summed E-state index contributed by atoms with van der Waals surface area (Å²) in [6, 6.07) is 0. The van der Waals surface area contributed by atoms with Gasteiger partial charge < -0.3 is 5.11 Å². The fourth-order valence-corrected chi connectivity index (χ4v) is 0.196. The second kappa shape index (κ2) is 3.72. The third-order valence-electron chi connectivity index (χ3n) is 0.789. The highest BCUT2D eigenvalue weighted by Crippen LogP contribution is 2.08. The molecule has 0 fully saturated rings. The normalized spacial score (nSPS) is 14.6. The fourth-order valence-electron chi connectivity index (χ4n) is 0.196. The molecule has 0 aliphatic rings. The summed E-state index contributed by atoms with van der Waals surface area (Å²) in [7, 11) is 0. The maximum Gasteiger partial charge on any atom is 0.246 e. The van der Waals surface area contributed by atoms with E-state index in [1.165, 1.54) is 0 Å². The molecule has 0 heterocycles. The van der Waals surface area contributed by atoms with Crippen LogP contribution < -0.4 is 0 Å². The van der Waals surface area contributed by atoms with Crippen LogP contribution in [-0.4, -0.2) is 24.8 Å². The molecule has 1 nitrogen and oxygen atoms in total. The molecule has 0 aromatic carbocycles. The Morgan fingerprint density at radius 1 is 1.38 bits per heavy atom. The second-order valence-corrected chi connectivity index (χ2v) is 1.43. The first-order valence-electron chi connectivity index (χ1n) is 2.17. The van der Waals surface area contributed by atoms with Gasteiger partial charge in [-0.3, -0.25) is 4.39 Å². The largest absolute Gasteiger partial charge is 0.396 e. The van der Waals surface area contributed by atoms with Gasteiger partial charge in [0.25, 0.3) is 0 Å². The van der Waals surface area contributed by atoms with Crippen molar-refractivity contribution in [2.24, 2.45) is 5.92 Å². The molecule has 8 heavy (non-hydrogen) atoms. The number of hydrogen-bond donors (Lipinski definition) is 1. The maximum absolute atomic E-state index is 11.3. The minimum atomic E-state index is -2.75. The summed E-state index contributed by atoms with van der Waals surface area (Å²) in [5, 5.41) is 7.98. The lowest BCUT2D eigenvalue weighted by Gasteiger charge is -2.05. The minimum Gasteiger partial charge on any atom is -0.396 e. The summed E-state index contributed by atoms with van der Waals surface area (Å²) in [5.74, 6) is -1.49. The minimum absolute atomic E-state index is 0.784. The molecule has 1 N–H and O–H groups in total. The average molecular weight is 128 g/mol. The summed E-state index contributed by atoms with van der Waals surface area (Å²) in [5.41, 5.74) is 0. The molecular weight excluding hydrogens is 121 g/mol. The topological polar surface area (TPSA) is 20.2 Å². The predicted molar refractivity (Wildman–Crippen MR) is 22.6 cm³/mol. The number of rotatable bonds is 3. The molecule has 0 aliphatic heterocycles. The van der Waals surface area contributed by atoms with Gasteiger partial charge in [0.2, 0.25) is 6.43 Å². The van der Waals surface area contributed by atoms with Crippen LogP contribution >= 0.6 is 0 Å². The average Bonchev–Trinajstić information content (AvgIpc) is 1.69. The van der Waals surface area contributed by atoms with Crippen molar-refractivity contribution in [3.8, 4) is 0 Å². The Bertz CT molecular complexity index is 53.2. The van der Waals surface area contributed by atoms with Gasteiger partial charge in [-0.2, -0.15) is 0 Å². The van der Waals surface area contributed by atoms with E-state index in [0.717, 1.165) is 0 Å². The number of aliphatic hydroxyl groups excluding tert-OH is 1. The predicted octanol–water partition coefficient (Wildman–Crippen LogP) is 0.830. The first kappa shape index (κ1) is 7.75. The SMILES string of the molecule is OCC(CF)C(F)F. The van der Waals surface area contributed by atoms with Crippen LogP contribution in [0.15, 0.2) is 0 Å². The van der Waals surface area contributed by atoms with E-state index in [1.54, 1.807) is 0 Å². The van der Waals surface area contributed by atoms with Crippen molar-refractivity contribution in [2.75, 3.05) is 13.3 Å². The van der Waals surface area contributed by atoms with Gasteiger partial charge in [0.05, 0.1) is 19.2 Å². The number of aliphatic hydroxyl groups is 1. The molecule has 4 heteroatoms. The smallest absolute Gasteiger partial charge is 0.246 e. The van der Waals surface area contributed by atoms with E-state index in [4.69, 9.17) is 5.11 Å². The van der Waals surface area contributed by atoms with Crippen molar-refractivity contribution in [3.05, 3.63) is 0 Å². The lowest BCUT2D eigenvalue weighted by atomic mass is 10.2. The summed E-state index contributed by atoms with van der Waals surface area (Å²) >= 11 is 0. The van der Waals surface area contributed by atoms with Crippen LogP contribution in [0.5, 0.6) is 0 Å². The first-order chi connectivity index (χ1) is 3.72. The first-order valence-corrected chi connectivity index (χ1v) is 2.17. The highest BCUT2D eigenvalue weighted by Gasteiger charge is 2.18. The zero-order valence-corrected chi connectivity index (χ0v) is 4.15. The summed E-state index contributed by atoms with van der Waals surface area (Å²) in [6.07, 6.45) is -2.75. The molecule has 0 radical (unpaired) electrons. The van der Waals surface area contributed by atoms with E-state index in [0.29, 0.717) is 0 Å². The van der Waals surface area contributed by atoms with Crippen LogP contribution in [0.1, 0.15) is 0 Å². The van der Waals surface area contributed by atoms with E-state index < -0.39 is 25.6 Å². The number of hydrogen-bond acceptors (Lipinski definition) is 1. The van der Waals surface area contributed by atoms with E-state index >= 15 is 0 Å². The van der Waals surface area contributed by atoms with Gasteiger partial charge in [0, 0.05) is 0 Å². The van der Waals surface area contributed by atoms with E-state index in [2.05, 4.69) is 0 Å². The summed E-state index contributed by atoms with van der Waals surface area (Å²) < 4.78 is 33.9. The van der Waals surface area contributed by atoms with Crippen LogP contribution in [0.2, 0.25) is 0 Å². The number of alkyl halides is 3. The molecule has 0 aromatic heterocycles. The molecule has 0 rings (SSSR count). The van der Waals surface area contributed by atoms with E-state index in [9.17, 15) is 13.2 Å². The Hall–Kier alpha value is -0.250. The molecule has 50 valence electrons. The summed E-state index contributed by atoms with van der Waals surface area (Å²) in [6.45, 7) is -1.94. The van der Waals surface area contributed by atoms with Crippen LogP contribution in [0, 0.1) is 5.92 Å². The fraction of sp³-hybridized carbons (Fsp3) is 1.00. The third kappa shape index (κ3) is 2.16. The van der Waals surface area contributed by atoms with Crippen molar-refractivity contribution < 1.29 is 18.3 Å². The Morgan fingerprint density at radius 3 is 1.88 bits per heavy atom. The quantitative estimate of drug-likeness (QED) is 0.596. The van der Waals surface area contributed by atoms with Gasteiger partial charge in [0.1, 0.15) is 0 Å². The molecular formula is C4H7F3O. The lowest BCUT2D eigenvalue weighted by molar-refractivity contribution is 0.0285. The van der Waals surface area contributed by atoms with Gasteiger partial charge in [-0.15, -0.1) is 0 Å². The molecule has 0 bridgehead atoms. The van der Waals surface area contributed by atoms with Gasteiger partial charge >= 0.3 is 0 Å². The monoisotopic (exact) mass is 128 g/mol. The summed E-state index contributed by atoms with van der Waals surface area (Å²) in [4.78, 5) is 0. The third-order valence-corrected chi connectivity index (χ3v) is 0.789. The van der Waals surface area contributed by atoms with E-state index in [-0.39, 0.29) is 0 Å². The molecule has 0 amide bonds. The highest BCUT2D eigenvalue weighted by molar-refractivity contribution is 4.56. The lowest BCUT2D eigenvalue weighted by Crippen LogP contribution is -2.17. The van der Waals surface area contributed by atoms with Crippen LogP contribution in [0.3, 0.4) is 0 Å². The molecule has 0 aromatic rings. The number of halogens is 3.